The van der Waals surface area contributed by atoms with Gasteiger partial charge >= 0.3 is 5.96 Å². The van der Waals surface area contributed by atoms with Gasteiger partial charge < -0.3 is 10.2 Å². The molecule has 0 bridgehead atoms. The van der Waals surface area contributed by atoms with E-state index in [1.807, 2.05) is 13.1 Å². The third-order valence-electron chi connectivity index (χ3n) is 10.1. The minimum absolute atomic E-state index is 0.0538. The van der Waals surface area contributed by atoms with Crippen LogP contribution in [0.5, 0.6) is 11.5 Å². The van der Waals surface area contributed by atoms with Crippen LogP contribution in [0.15, 0.2) is 34.3 Å². The fraction of sp³-hybridized carbons (Fsp3) is 0.634. The van der Waals surface area contributed by atoms with Crippen molar-refractivity contribution in [2.75, 3.05) is 39.8 Å². The van der Waals surface area contributed by atoms with E-state index >= 15 is 0 Å². The molecule has 7 heteroatoms. The summed E-state index contributed by atoms with van der Waals surface area (Å²) < 4.78 is 2.41. The summed E-state index contributed by atoms with van der Waals surface area (Å²) >= 11 is 0. The number of benzene rings is 2. The van der Waals surface area contributed by atoms with Crippen LogP contribution < -0.4 is 0 Å². The molecule has 1 saturated heterocycles. The predicted molar refractivity (Wildman–Crippen MR) is 203 cm³/mol. The van der Waals surface area contributed by atoms with Gasteiger partial charge in [0.2, 0.25) is 0 Å². The average Bonchev–Trinajstić information content (AvgIpc) is 2.98. The van der Waals surface area contributed by atoms with E-state index in [1.165, 1.54) is 29.9 Å². The first-order valence-electron chi connectivity index (χ1n) is 18.2. The Morgan fingerprint density at radius 2 is 1.29 bits per heavy atom. The molecule has 2 aromatic rings. The largest absolute Gasteiger partial charge is 0.507 e. The van der Waals surface area contributed by atoms with Crippen molar-refractivity contribution < 1.29 is 14.8 Å². The molecule has 2 heterocycles. The van der Waals surface area contributed by atoms with Crippen molar-refractivity contribution in [2.45, 2.75) is 130 Å². The molecule has 1 fully saturated rings. The number of aliphatic imine (C=N–C) groups is 2. The lowest BCUT2D eigenvalue weighted by Crippen LogP contribution is -2.57. The van der Waals surface area contributed by atoms with E-state index in [2.05, 4.69) is 115 Å². The first-order chi connectivity index (χ1) is 22.3. The van der Waals surface area contributed by atoms with Crippen LogP contribution >= 0.6 is 0 Å². The Hall–Kier alpha value is -3.35. The van der Waals surface area contributed by atoms with Crippen molar-refractivity contribution in [3.8, 4) is 11.5 Å². The van der Waals surface area contributed by atoms with Gasteiger partial charge in [-0.3, -0.25) is 24.4 Å². The molecule has 48 heavy (non-hydrogen) atoms. The normalized spacial score (nSPS) is 17.8. The van der Waals surface area contributed by atoms with E-state index in [-0.39, 0.29) is 28.3 Å². The Morgan fingerprint density at radius 1 is 0.750 bits per heavy atom. The SMILES string of the molecule is CC(N=Cc1cc(C(C)(C)C)cc(CCCN2CCCN3CCC[N+](C)=C23)c1O)C(C)N=Cc1cc(C(C)(C)C)cc(C(C)(C)C)c1O. The molecule has 0 spiro atoms. The zero-order valence-electron chi connectivity index (χ0n) is 32.1. The molecule has 2 aliphatic heterocycles. The lowest BCUT2D eigenvalue weighted by atomic mass is 9.79. The molecule has 0 amide bonds. The lowest BCUT2D eigenvalue weighted by molar-refractivity contribution is -0.515. The van der Waals surface area contributed by atoms with Crippen LogP contribution in [0.1, 0.15) is 129 Å². The molecule has 4 rings (SSSR count). The number of nitrogens with zero attached hydrogens (tertiary/aromatic N) is 5. The van der Waals surface area contributed by atoms with Crippen molar-refractivity contribution in [1.29, 1.82) is 0 Å². The topological polar surface area (TPSA) is 74.7 Å². The van der Waals surface area contributed by atoms with E-state index in [0.29, 0.717) is 11.5 Å². The van der Waals surface area contributed by atoms with Crippen LogP contribution in [0.25, 0.3) is 0 Å². The fourth-order valence-electron chi connectivity index (χ4n) is 6.66. The first-order valence-corrected chi connectivity index (χ1v) is 18.2. The van der Waals surface area contributed by atoms with Gasteiger partial charge in [-0.2, -0.15) is 0 Å². The second-order valence-electron chi connectivity index (χ2n) is 17.3. The van der Waals surface area contributed by atoms with E-state index in [1.54, 1.807) is 6.21 Å². The Morgan fingerprint density at radius 3 is 1.85 bits per heavy atom. The highest BCUT2D eigenvalue weighted by Crippen LogP contribution is 2.37. The van der Waals surface area contributed by atoms with E-state index in [4.69, 9.17) is 9.98 Å². The van der Waals surface area contributed by atoms with Crippen molar-refractivity contribution in [3.05, 3.63) is 57.6 Å². The van der Waals surface area contributed by atoms with Crippen LogP contribution in [0.4, 0.5) is 0 Å². The zero-order chi connectivity index (χ0) is 35.6. The van der Waals surface area contributed by atoms with E-state index in [0.717, 1.165) is 67.8 Å². The molecule has 2 atom stereocenters. The highest BCUT2D eigenvalue weighted by Gasteiger charge is 2.34. The monoisotopic (exact) mass is 659 g/mol. The van der Waals surface area contributed by atoms with Crippen LogP contribution in [-0.2, 0) is 22.7 Å². The number of aromatic hydroxyl groups is 2. The minimum Gasteiger partial charge on any atom is -0.507 e. The van der Waals surface area contributed by atoms with Crippen molar-refractivity contribution in [1.82, 2.24) is 9.80 Å². The minimum atomic E-state index is -0.195. The van der Waals surface area contributed by atoms with Crippen molar-refractivity contribution in [2.24, 2.45) is 9.98 Å². The molecule has 0 aliphatic carbocycles. The summed E-state index contributed by atoms with van der Waals surface area (Å²) in [5.74, 6) is 2.00. The second kappa shape index (κ2) is 14.6. The summed E-state index contributed by atoms with van der Waals surface area (Å²) in [5, 5.41) is 22.7. The first kappa shape index (κ1) is 37.5. The third-order valence-corrected chi connectivity index (χ3v) is 10.1. The molecule has 0 aromatic heterocycles. The van der Waals surface area contributed by atoms with Gasteiger partial charge in [0.1, 0.15) is 11.5 Å². The quantitative estimate of drug-likeness (QED) is 0.215. The smallest absolute Gasteiger partial charge is 0.350 e. The van der Waals surface area contributed by atoms with Crippen molar-refractivity contribution >= 4 is 18.4 Å². The Labute approximate surface area is 291 Å². The number of aryl methyl sites for hydroxylation is 1. The second-order valence-corrected chi connectivity index (χ2v) is 17.3. The van der Waals surface area contributed by atoms with Crippen LogP contribution in [0, 0.1) is 0 Å². The third kappa shape index (κ3) is 9.00. The summed E-state index contributed by atoms with van der Waals surface area (Å²) in [7, 11) is 2.22. The molecule has 2 unspecified atom stereocenters. The highest BCUT2D eigenvalue weighted by molar-refractivity contribution is 5.86. The fourth-order valence-corrected chi connectivity index (χ4v) is 6.66. The average molecular weight is 659 g/mol. The van der Waals surface area contributed by atoms with Gasteiger partial charge in [-0.25, -0.2) is 0 Å². The summed E-state index contributed by atoms with van der Waals surface area (Å²) in [6.07, 6.45) is 7.85. The molecule has 0 radical (unpaired) electrons. The molecule has 7 nitrogen and oxygen atoms in total. The van der Waals surface area contributed by atoms with Crippen LogP contribution in [-0.4, -0.2) is 94.8 Å². The highest BCUT2D eigenvalue weighted by atomic mass is 16.3. The lowest BCUT2D eigenvalue weighted by Gasteiger charge is -2.36. The molecular weight excluding hydrogens is 594 g/mol. The number of guanidine groups is 1. The summed E-state index contributed by atoms with van der Waals surface area (Å²) in [4.78, 5) is 14.8. The molecule has 264 valence electrons. The van der Waals surface area contributed by atoms with E-state index in [9.17, 15) is 10.2 Å². The Balaban J connectivity index is 1.52. The van der Waals surface area contributed by atoms with Gasteiger partial charge in [0.15, 0.2) is 0 Å². The molecule has 2 aliphatic rings. The number of rotatable bonds is 9. The van der Waals surface area contributed by atoms with Crippen LogP contribution in [0.2, 0.25) is 0 Å². The maximum Gasteiger partial charge on any atom is 0.350 e. The molecule has 0 saturated carbocycles. The van der Waals surface area contributed by atoms with Gasteiger partial charge in [-0.05, 0) is 71.8 Å². The summed E-state index contributed by atoms with van der Waals surface area (Å²) in [6, 6.07) is 8.22. The maximum absolute atomic E-state index is 11.5. The Kier molecular flexibility index (Phi) is 11.4. The number of phenolic OH excluding ortho intramolecular Hbond substituents is 2. The van der Waals surface area contributed by atoms with Gasteiger partial charge in [-0.15, -0.1) is 0 Å². The summed E-state index contributed by atoms with van der Waals surface area (Å²) in [5.41, 5.74) is 5.48. The molecular formula is C41H64N5O2+. The molecule has 2 N–H and O–H groups in total. The Bertz CT molecular complexity index is 1530. The van der Waals surface area contributed by atoms with E-state index < -0.39 is 0 Å². The predicted octanol–water partition coefficient (Wildman–Crippen LogP) is 7.65. The van der Waals surface area contributed by atoms with Crippen molar-refractivity contribution in [3.63, 3.8) is 0 Å². The standard InChI is InChI=1S/C41H63N5O2/c1-28(29(2)43-27-32-24-34(40(6,7)8)25-35(37(32)48)41(9,10)11)42-26-31-23-33(39(3,4)5)22-30(36(31)47)16-13-18-45-20-15-21-46-19-14-17-44(12)38(45)46/h22-29H,13-21H2,1-12H3,(H-,42,43,47,48)/p+1. The van der Waals surface area contributed by atoms with Gasteiger partial charge in [-0.1, -0.05) is 74.4 Å². The van der Waals surface area contributed by atoms with Gasteiger partial charge in [0.25, 0.3) is 0 Å². The molecule has 2 aromatic carbocycles. The maximum atomic E-state index is 11.5. The number of phenols is 2. The van der Waals surface area contributed by atoms with Gasteiger partial charge in [0, 0.05) is 42.0 Å². The number of fused-ring (bicyclic) bond motifs is 1. The van der Waals surface area contributed by atoms with Crippen LogP contribution in [0.3, 0.4) is 0 Å². The number of hydrogen-bond acceptors (Lipinski definition) is 6. The summed E-state index contributed by atoms with van der Waals surface area (Å²) in [6.45, 7) is 29.2. The zero-order valence-corrected chi connectivity index (χ0v) is 32.1. The number of hydrogen-bond donors (Lipinski definition) is 2. The van der Waals surface area contributed by atoms with Gasteiger partial charge in [0.05, 0.1) is 51.9 Å².